The average Bonchev–Trinajstić information content (AvgIpc) is 2.34. The van der Waals surface area contributed by atoms with Crippen molar-refractivity contribution in [2.24, 2.45) is 11.3 Å². The van der Waals surface area contributed by atoms with Crippen molar-refractivity contribution < 1.29 is 9.47 Å². The van der Waals surface area contributed by atoms with Crippen molar-refractivity contribution in [3.63, 3.8) is 0 Å². The van der Waals surface area contributed by atoms with Crippen molar-refractivity contribution in [2.45, 2.75) is 32.9 Å². The maximum Gasteiger partial charge on any atom is 0.237 e. The molecule has 1 aromatic rings. The second kappa shape index (κ2) is 6.08. The van der Waals surface area contributed by atoms with Gasteiger partial charge in [0, 0.05) is 19.5 Å². The minimum absolute atomic E-state index is 0.103. The van der Waals surface area contributed by atoms with Gasteiger partial charge in [-0.2, -0.15) is 0 Å². The number of hydrogen-bond acceptors (Lipinski definition) is 6. The van der Waals surface area contributed by atoms with E-state index in [0.29, 0.717) is 11.6 Å². The zero-order valence-corrected chi connectivity index (χ0v) is 11.6. The number of nitrogens with two attached hydrogens (primary N) is 1. The molecule has 0 fully saturated rings. The molecule has 2 unspecified atom stereocenters. The second-order valence-corrected chi connectivity index (χ2v) is 5.12. The van der Waals surface area contributed by atoms with Crippen LogP contribution in [-0.2, 0) is 4.74 Å². The van der Waals surface area contributed by atoms with Crippen molar-refractivity contribution in [2.75, 3.05) is 14.2 Å². The Bertz CT molecular complexity index is 379. The number of hydrogen-bond donors (Lipinski definition) is 2. The molecule has 6 heteroatoms. The van der Waals surface area contributed by atoms with Gasteiger partial charge in [0.25, 0.3) is 0 Å². The molecule has 1 heterocycles. The molecule has 6 nitrogen and oxygen atoms in total. The molecule has 2 atom stereocenters. The van der Waals surface area contributed by atoms with E-state index in [0.717, 1.165) is 0 Å². The number of methoxy groups -OCH3 is 2. The molecule has 102 valence electrons. The standard InChI is InChI=1S/C12H22N4O2/c1-12(2,3)10(17-4)8(16-13)9-11(18-5)15-7-6-14-9/h6-8,10,16H,13H2,1-5H3. The Balaban J connectivity index is 3.16. The third kappa shape index (κ3) is 3.16. The number of aromatic nitrogens is 2. The van der Waals surface area contributed by atoms with Crippen LogP contribution in [0.2, 0.25) is 0 Å². The minimum Gasteiger partial charge on any atom is -0.480 e. The fourth-order valence-electron chi connectivity index (χ4n) is 2.01. The lowest BCUT2D eigenvalue weighted by Crippen LogP contribution is -2.44. The zero-order chi connectivity index (χ0) is 13.8. The molecular weight excluding hydrogens is 232 g/mol. The molecule has 3 N–H and O–H groups in total. The molecule has 0 aliphatic rings. The Morgan fingerprint density at radius 1 is 1.22 bits per heavy atom. The number of rotatable bonds is 5. The van der Waals surface area contributed by atoms with Crippen molar-refractivity contribution >= 4 is 0 Å². The summed E-state index contributed by atoms with van der Waals surface area (Å²) in [5, 5.41) is 0. The van der Waals surface area contributed by atoms with Crippen LogP contribution in [-0.4, -0.2) is 30.3 Å². The summed E-state index contributed by atoms with van der Waals surface area (Å²) in [7, 11) is 3.21. The van der Waals surface area contributed by atoms with Gasteiger partial charge in [-0.05, 0) is 5.41 Å². The van der Waals surface area contributed by atoms with Crippen molar-refractivity contribution in [1.82, 2.24) is 15.4 Å². The summed E-state index contributed by atoms with van der Waals surface area (Å²) in [4.78, 5) is 8.42. The normalized spacial score (nSPS) is 15.2. The molecule has 0 saturated carbocycles. The van der Waals surface area contributed by atoms with Gasteiger partial charge in [-0.1, -0.05) is 20.8 Å². The van der Waals surface area contributed by atoms with Gasteiger partial charge >= 0.3 is 0 Å². The highest BCUT2D eigenvalue weighted by molar-refractivity contribution is 5.22. The Morgan fingerprint density at radius 2 is 1.83 bits per heavy atom. The lowest BCUT2D eigenvalue weighted by molar-refractivity contribution is -0.0137. The first-order valence-electron chi connectivity index (χ1n) is 5.79. The van der Waals surface area contributed by atoms with E-state index in [4.69, 9.17) is 15.3 Å². The van der Waals surface area contributed by atoms with E-state index in [2.05, 4.69) is 36.2 Å². The van der Waals surface area contributed by atoms with E-state index in [1.807, 2.05) is 0 Å². The van der Waals surface area contributed by atoms with E-state index in [1.54, 1.807) is 26.6 Å². The quantitative estimate of drug-likeness (QED) is 0.604. The van der Waals surface area contributed by atoms with E-state index in [-0.39, 0.29) is 17.6 Å². The number of hydrazine groups is 1. The van der Waals surface area contributed by atoms with Crippen LogP contribution in [0.15, 0.2) is 12.4 Å². The first-order chi connectivity index (χ1) is 8.45. The summed E-state index contributed by atoms with van der Waals surface area (Å²) in [6.07, 6.45) is 3.03. The number of ether oxygens (including phenoxy) is 2. The Labute approximate surface area is 108 Å². The van der Waals surface area contributed by atoms with Gasteiger partial charge in [-0.3, -0.25) is 10.8 Å². The number of nitrogens with one attached hydrogen (secondary N) is 1. The molecule has 0 saturated heterocycles. The van der Waals surface area contributed by atoms with Crippen LogP contribution in [0.25, 0.3) is 0 Å². The van der Waals surface area contributed by atoms with Gasteiger partial charge in [-0.15, -0.1) is 0 Å². The van der Waals surface area contributed by atoms with Gasteiger partial charge in [0.05, 0.1) is 19.3 Å². The van der Waals surface area contributed by atoms with Crippen LogP contribution in [0.3, 0.4) is 0 Å². The van der Waals surface area contributed by atoms with Crippen molar-refractivity contribution in [1.29, 1.82) is 0 Å². The fourth-order valence-corrected chi connectivity index (χ4v) is 2.01. The molecule has 0 amide bonds. The molecular formula is C12H22N4O2. The van der Waals surface area contributed by atoms with E-state index < -0.39 is 0 Å². The van der Waals surface area contributed by atoms with E-state index in [1.165, 1.54) is 0 Å². The first kappa shape index (κ1) is 14.8. The third-order valence-corrected chi connectivity index (χ3v) is 2.77. The maximum absolute atomic E-state index is 5.65. The summed E-state index contributed by atoms with van der Waals surface area (Å²) in [6, 6.07) is -0.293. The van der Waals surface area contributed by atoms with Gasteiger partial charge in [0.1, 0.15) is 5.69 Å². The first-order valence-corrected chi connectivity index (χ1v) is 5.79. The molecule has 1 aromatic heterocycles. The van der Waals surface area contributed by atoms with Crippen LogP contribution >= 0.6 is 0 Å². The molecule has 18 heavy (non-hydrogen) atoms. The Morgan fingerprint density at radius 3 is 2.28 bits per heavy atom. The molecule has 0 aromatic carbocycles. The van der Waals surface area contributed by atoms with Crippen molar-refractivity contribution in [3.05, 3.63) is 18.1 Å². The summed E-state index contributed by atoms with van der Waals surface area (Å²) < 4.78 is 10.8. The summed E-state index contributed by atoms with van der Waals surface area (Å²) in [5.41, 5.74) is 3.28. The lowest BCUT2D eigenvalue weighted by atomic mass is 9.83. The lowest BCUT2D eigenvalue weighted by Gasteiger charge is -2.35. The Hall–Kier alpha value is -1.24. The van der Waals surface area contributed by atoms with Gasteiger partial charge in [0.15, 0.2) is 0 Å². The summed E-state index contributed by atoms with van der Waals surface area (Å²) in [5.74, 6) is 6.10. The van der Waals surface area contributed by atoms with Crippen molar-refractivity contribution in [3.8, 4) is 5.88 Å². The van der Waals surface area contributed by atoms with Gasteiger partial charge in [-0.25, -0.2) is 10.4 Å². The van der Waals surface area contributed by atoms with Crippen LogP contribution in [0.4, 0.5) is 0 Å². The summed E-state index contributed by atoms with van der Waals surface area (Å²) >= 11 is 0. The van der Waals surface area contributed by atoms with E-state index >= 15 is 0 Å². The highest BCUT2D eigenvalue weighted by atomic mass is 16.5. The number of nitrogens with zero attached hydrogens (tertiary/aromatic N) is 2. The largest absolute Gasteiger partial charge is 0.480 e. The minimum atomic E-state index is -0.293. The smallest absolute Gasteiger partial charge is 0.237 e. The van der Waals surface area contributed by atoms with Crippen LogP contribution in [0.1, 0.15) is 32.5 Å². The Kier molecular flexibility index (Phi) is 5.01. The average molecular weight is 254 g/mol. The highest BCUT2D eigenvalue weighted by Crippen LogP contribution is 2.33. The van der Waals surface area contributed by atoms with Gasteiger partial charge in [0.2, 0.25) is 5.88 Å². The SMILES string of the molecule is COc1nccnc1C(NN)C(OC)C(C)(C)C. The molecule has 0 radical (unpaired) electrons. The zero-order valence-electron chi connectivity index (χ0n) is 11.6. The molecule has 0 spiro atoms. The van der Waals surface area contributed by atoms with Gasteiger partial charge < -0.3 is 9.47 Å². The molecule has 0 aliphatic heterocycles. The maximum atomic E-state index is 5.65. The van der Waals surface area contributed by atoms with Crippen LogP contribution in [0.5, 0.6) is 5.88 Å². The topological polar surface area (TPSA) is 82.3 Å². The summed E-state index contributed by atoms with van der Waals surface area (Å²) in [6.45, 7) is 6.23. The fraction of sp³-hybridized carbons (Fsp3) is 0.667. The van der Waals surface area contributed by atoms with E-state index in [9.17, 15) is 0 Å². The predicted molar refractivity (Wildman–Crippen MR) is 68.9 cm³/mol. The molecule has 0 aliphatic carbocycles. The molecule has 1 rings (SSSR count). The highest BCUT2D eigenvalue weighted by Gasteiger charge is 2.35. The monoisotopic (exact) mass is 254 g/mol. The third-order valence-electron chi connectivity index (χ3n) is 2.77. The molecule has 0 bridgehead atoms. The van der Waals surface area contributed by atoms with Crippen LogP contribution in [0, 0.1) is 5.41 Å². The predicted octanol–water partition coefficient (Wildman–Crippen LogP) is 1.05. The second-order valence-electron chi connectivity index (χ2n) is 5.12. The van der Waals surface area contributed by atoms with Crippen LogP contribution < -0.4 is 16.0 Å².